The van der Waals surface area contributed by atoms with Crippen molar-refractivity contribution in [2.75, 3.05) is 26.2 Å². The molecule has 2 unspecified atom stereocenters. The van der Waals surface area contributed by atoms with Crippen LogP contribution in [-0.4, -0.2) is 71.1 Å². The summed E-state index contributed by atoms with van der Waals surface area (Å²) < 4.78 is 5.48. The second-order valence-electron chi connectivity index (χ2n) is 12.1. The molecule has 1 aliphatic heterocycles. The molecule has 8 heteroatoms. The van der Waals surface area contributed by atoms with Gasteiger partial charge in [-0.1, -0.05) is 0 Å². The molecule has 5 aliphatic rings. The maximum Gasteiger partial charge on any atom is 0.410 e. The first kappa shape index (κ1) is 23.3. The lowest BCUT2D eigenvalue weighted by Gasteiger charge is -2.59. The van der Waals surface area contributed by atoms with Crippen molar-refractivity contribution in [1.29, 1.82) is 0 Å². The lowest BCUT2D eigenvalue weighted by Crippen LogP contribution is -2.66. The molecule has 5 rings (SSSR count). The van der Waals surface area contributed by atoms with Crippen molar-refractivity contribution in [1.82, 2.24) is 15.1 Å². The van der Waals surface area contributed by atoms with Gasteiger partial charge in [0, 0.05) is 37.6 Å². The summed E-state index contributed by atoms with van der Waals surface area (Å²) in [6.45, 7) is 11.9. The summed E-state index contributed by atoms with van der Waals surface area (Å²) in [6.07, 6.45) is 4.45. The van der Waals surface area contributed by atoms with Crippen LogP contribution in [0.1, 0.15) is 66.7 Å². The number of nitrogens with two attached hydrogens (primary N) is 1. The number of carbonyl (C=O) groups excluding carboxylic acids is 3. The summed E-state index contributed by atoms with van der Waals surface area (Å²) in [4.78, 5) is 41.8. The maximum atomic E-state index is 13.4. The second-order valence-corrected chi connectivity index (χ2v) is 12.1. The van der Waals surface area contributed by atoms with E-state index in [9.17, 15) is 14.4 Å². The van der Waals surface area contributed by atoms with Crippen LogP contribution in [0.2, 0.25) is 0 Å². The van der Waals surface area contributed by atoms with Crippen LogP contribution in [0.4, 0.5) is 4.79 Å². The Bertz CT molecular complexity index is 765. The minimum atomic E-state index is -0.671. The van der Waals surface area contributed by atoms with Gasteiger partial charge < -0.3 is 20.7 Å². The largest absolute Gasteiger partial charge is 0.444 e. The van der Waals surface area contributed by atoms with E-state index in [4.69, 9.17) is 10.5 Å². The van der Waals surface area contributed by atoms with Gasteiger partial charge in [-0.05, 0) is 84.5 Å². The minimum absolute atomic E-state index is 0.0359. The fraction of sp³-hybridized carbons (Fsp3) is 0.875. The van der Waals surface area contributed by atoms with Crippen LogP contribution in [0, 0.1) is 23.2 Å². The third kappa shape index (κ3) is 4.22. The number of carbonyl (C=O) groups is 3. The molecule has 0 radical (unpaired) electrons. The molecule has 0 aromatic rings. The third-order valence-corrected chi connectivity index (χ3v) is 8.37. The number of amides is 3. The van der Waals surface area contributed by atoms with Gasteiger partial charge in [0.15, 0.2) is 0 Å². The zero-order valence-electron chi connectivity index (χ0n) is 20.3. The van der Waals surface area contributed by atoms with Crippen LogP contribution in [0.25, 0.3) is 0 Å². The second kappa shape index (κ2) is 7.89. The Hall–Kier alpha value is -1.83. The first-order valence-corrected chi connectivity index (χ1v) is 12.1. The van der Waals surface area contributed by atoms with Gasteiger partial charge in [-0.3, -0.25) is 14.5 Å². The fourth-order valence-electron chi connectivity index (χ4n) is 6.81. The Morgan fingerprint density at radius 3 is 2.00 bits per heavy atom. The summed E-state index contributed by atoms with van der Waals surface area (Å²) in [7, 11) is 0. The number of primary amides is 1. The van der Waals surface area contributed by atoms with E-state index in [-0.39, 0.29) is 29.4 Å². The Morgan fingerprint density at radius 2 is 1.50 bits per heavy atom. The molecule has 4 aliphatic carbocycles. The molecule has 0 aromatic heterocycles. The van der Waals surface area contributed by atoms with Gasteiger partial charge in [-0.25, -0.2) is 4.79 Å². The zero-order valence-corrected chi connectivity index (χ0v) is 20.3. The Morgan fingerprint density at radius 1 is 0.938 bits per heavy atom. The van der Waals surface area contributed by atoms with Crippen LogP contribution >= 0.6 is 0 Å². The molecular formula is C24H40N4O4. The summed E-state index contributed by atoms with van der Waals surface area (Å²) in [5.41, 5.74) is 4.27. The molecule has 4 saturated carbocycles. The highest BCUT2D eigenvalue weighted by molar-refractivity contribution is 5.86. The lowest BCUT2D eigenvalue weighted by atomic mass is 9.47. The number of hydrogen-bond donors (Lipinski definition) is 2. The Labute approximate surface area is 191 Å². The van der Waals surface area contributed by atoms with E-state index in [0.717, 1.165) is 32.1 Å². The van der Waals surface area contributed by atoms with E-state index < -0.39 is 11.1 Å². The van der Waals surface area contributed by atoms with E-state index in [2.05, 4.69) is 10.2 Å². The zero-order chi connectivity index (χ0) is 23.5. The summed E-state index contributed by atoms with van der Waals surface area (Å²) in [5, 5.41) is 3.38. The first-order chi connectivity index (χ1) is 14.8. The van der Waals surface area contributed by atoms with E-state index in [0.29, 0.717) is 43.9 Å². The predicted octanol–water partition coefficient (Wildman–Crippen LogP) is 2.11. The molecule has 4 bridgehead atoms. The van der Waals surface area contributed by atoms with Crippen molar-refractivity contribution in [2.24, 2.45) is 28.9 Å². The smallest absolute Gasteiger partial charge is 0.410 e. The fourth-order valence-corrected chi connectivity index (χ4v) is 6.81. The van der Waals surface area contributed by atoms with Crippen LogP contribution in [0.3, 0.4) is 0 Å². The molecule has 2 atom stereocenters. The SMILES string of the molecule is CC(C)(C)OC(=O)N1CCN(C(C)(C)C(=O)NC2C3CC4CC2CC(C(N)=O)(C4)C3)CC1. The summed E-state index contributed by atoms with van der Waals surface area (Å²) >= 11 is 0. The van der Waals surface area contributed by atoms with Crippen LogP contribution in [0.15, 0.2) is 0 Å². The quantitative estimate of drug-likeness (QED) is 0.685. The Kier molecular flexibility index (Phi) is 5.75. The lowest BCUT2D eigenvalue weighted by molar-refractivity contribution is -0.149. The standard InChI is InChI=1S/C24H40N4O4/c1-22(2,3)32-21(31)27-6-8-28(9-7-27)23(4,5)20(30)26-18-16-10-15-11-17(18)14-24(12-15,13-16)19(25)29/h15-18H,6-14H2,1-5H3,(H2,25,29)(H,26,30). The van der Waals surface area contributed by atoms with Crippen molar-refractivity contribution < 1.29 is 19.1 Å². The molecule has 3 N–H and O–H groups in total. The molecule has 1 heterocycles. The third-order valence-electron chi connectivity index (χ3n) is 8.37. The number of piperazine rings is 1. The van der Waals surface area contributed by atoms with Gasteiger partial charge in [-0.2, -0.15) is 0 Å². The van der Waals surface area contributed by atoms with Crippen molar-refractivity contribution in [2.45, 2.75) is 83.9 Å². The average Bonchev–Trinajstić information content (AvgIpc) is 2.68. The number of ether oxygens (including phenoxy) is 1. The average molecular weight is 449 g/mol. The van der Waals surface area contributed by atoms with Gasteiger partial charge in [0.1, 0.15) is 5.60 Å². The maximum absolute atomic E-state index is 13.4. The topological polar surface area (TPSA) is 105 Å². The summed E-state index contributed by atoms with van der Waals surface area (Å²) in [5.74, 6) is 1.15. The predicted molar refractivity (Wildman–Crippen MR) is 121 cm³/mol. The summed E-state index contributed by atoms with van der Waals surface area (Å²) in [6, 6.07) is 0.133. The Balaban J connectivity index is 1.35. The molecule has 180 valence electrons. The van der Waals surface area contributed by atoms with Gasteiger partial charge in [-0.15, -0.1) is 0 Å². The monoisotopic (exact) mass is 448 g/mol. The highest BCUT2D eigenvalue weighted by atomic mass is 16.6. The minimum Gasteiger partial charge on any atom is -0.444 e. The van der Waals surface area contributed by atoms with Crippen LogP contribution in [-0.2, 0) is 14.3 Å². The van der Waals surface area contributed by atoms with E-state index in [1.807, 2.05) is 34.6 Å². The van der Waals surface area contributed by atoms with Crippen molar-refractivity contribution >= 4 is 17.9 Å². The molecule has 32 heavy (non-hydrogen) atoms. The number of rotatable bonds is 4. The normalized spacial score (nSPS) is 35.0. The van der Waals surface area contributed by atoms with E-state index in [1.54, 1.807) is 4.90 Å². The molecule has 1 saturated heterocycles. The number of hydrogen-bond acceptors (Lipinski definition) is 5. The molecular weight excluding hydrogens is 408 g/mol. The first-order valence-electron chi connectivity index (χ1n) is 12.1. The highest BCUT2D eigenvalue weighted by Crippen LogP contribution is 2.60. The van der Waals surface area contributed by atoms with Gasteiger partial charge in [0.2, 0.25) is 11.8 Å². The molecule has 5 fully saturated rings. The van der Waals surface area contributed by atoms with Gasteiger partial charge in [0.05, 0.1) is 5.54 Å². The van der Waals surface area contributed by atoms with Crippen molar-refractivity contribution in [3.8, 4) is 0 Å². The molecule has 8 nitrogen and oxygen atoms in total. The van der Waals surface area contributed by atoms with Crippen molar-refractivity contribution in [3.05, 3.63) is 0 Å². The molecule has 0 spiro atoms. The van der Waals surface area contributed by atoms with E-state index >= 15 is 0 Å². The van der Waals surface area contributed by atoms with Crippen molar-refractivity contribution in [3.63, 3.8) is 0 Å². The molecule has 3 amide bonds. The van der Waals surface area contributed by atoms with Crippen LogP contribution < -0.4 is 11.1 Å². The number of nitrogens with one attached hydrogen (secondary N) is 1. The van der Waals surface area contributed by atoms with Gasteiger partial charge in [0.25, 0.3) is 0 Å². The van der Waals surface area contributed by atoms with E-state index in [1.165, 1.54) is 0 Å². The number of nitrogens with zero attached hydrogens (tertiary/aromatic N) is 2. The highest BCUT2D eigenvalue weighted by Gasteiger charge is 2.58. The van der Waals surface area contributed by atoms with Gasteiger partial charge >= 0.3 is 6.09 Å². The molecule has 0 aromatic carbocycles. The van der Waals surface area contributed by atoms with Crippen LogP contribution in [0.5, 0.6) is 0 Å².